The molecule has 7 nitrogen and oxygen atoms in total. The van der Waals surface area contributed by atoms with Crippen molar-refractivity contribution in [3.05, 3.63) is 98.7 Å². The Labute approximate surface area is 222 Å². The molecule has 5 rings (SSSR count). The molecule has 0 N–H and O–H groups in total. The number of hydrogen-bond acceptors (Lipinski definition) is 6. The summed E-state index contributed by atoms with van der Waals surface area (Å²) in [5.41, 5.74) is 3.98. The minimum absolute atomic E-state index is 0.0858. The zero-order chi connectivity index (χ0) is 26.8. The summed E-state index contributed by atoms with van der Waals surface area (Å²) >= 11 is 0. The van der Waals surface area contributed by atoms with Crippen LogP contribution in [0.4, 0.5) is 0 Å². The van der Waals surface area contributed by atoms with Crippen molar-refractivity contribution in [2.45, 2.75) is 53.1 Å². The number of benzene rings is 2. The molecule has 2 aromatic carbocycles. The molecule has 0 saturated heterocycles. The predicted molar refractivity (Wildman–Crippen MR) is 146 cm³/mol. The van der Waals surface area contributed by atoms with Crippen LogP contribution in [0.5, 0.6) is 11.5 Å². The molecule has 1 unspecified atom stereocenters. The first-order valence-corrected chi connectivity index (χ1v) is 13.1. The number of ether oxygens (including phenoxy) is 2. The van der Waals surface area contributed by atoms with Crippen molar-refractivity contribution >= 4 is 16.9 Å². The second-order valence-electron chi connectivity index (χ2n) is 9.67. The van der Waals surface area contributed by atoms with Gasteiger partial charge < -0.3 is 18.8 Å². The van der Waals surface area contributed by atoms with E-state index in [4.69, 9.17) is 13.9 Å². The maximum atomic E-state index is 14.0. The molecular formula is C31H32N2O5. The van der Waals surface area contributed by atoms with Crippen LogP contribution in [0.3, 0.4) is 0 Å². The van der Waals surface area contributed by atoms with Crippen molar-refractivity contribution in [3.63, 3.8) is 0 Å². The topological polar surface area (TPSA) is 81.9 Å². The van der Waals surface area contributed by atoms with E-state index < -0.39 is 6.04 Å². The lowest BCUT2D eigenvalue weighted by molar-refractivity contribution is 0.0714. The number of carbonyl (C=O) groups excluding carboxylic acids is 1. The average molecular weight is 513 g/mol. The number of rotatable bonds is 9. The lowest BCUT2D eigenvalue weighted by Gasteiger charge is -2.26. The Kier molecular flexibility index (Phi) is 7.18. The van der Waals surface area contributed by atoms with Gasteiger partial charge in [0.15, 0.2) is 16.9 Å². The van der Waals surface area contributed by atoms with Gasteiger partial charge in [-0.2, -0.15) is 0 Å². The summed E-state index contributed by atoms with van der Waals surface area (Å²) in [6.45, 7) is 9.18. The smallest absolute Gasteiger partial charge is 0.291 e. The molecule has 196 valence electrons. The lowest BCUT2D eigenvalue weighted by atomic mass is 9.96. The second kappa shape index (κ2) is 10.7. The van der Waals surface area contributed by atoms with E-state index in [1.807, 2.05) is 63.2 Å². The fourth-order valence-electron chi connectivity index (χ4n) is 5.12. The van der Waals surface area contributed by atoms with Crippen molar-refractivity contribution in [2.24, 2.45) is 0 Å². The van der Waals surface area contributed by atoms with Crippen molar-refractivity contribution in [1.29, 1.82) is 0 Å². The van der Waals surface area contributed by atoms with Gasteiger partial charge >= 0.3 is 0 Å². The van der Waals surface area contributed by atoms with Crippen LogP contribution in [0.2, 0.25) is 0 Å². The minimum Gasteiger partial charge on any atom is -0.490 e. The van der Waals surface area contributed by atoms with Gasteiger partial charge in [0.05, 0.1) is 30.2 Å². The number of unbranched alkanes of at least 4 members (excludes halogenated alkanes) is 1. The van der Waals surface area contributed by atoms with Gasteiger partial charge in [0, 0.05) is 18.9 Å². The molecule has 1 aliphatic heterocycles. The van der Waals surface area contributed by atoms with Crippen molar-refractivity contribution in [3.8, 4) is 11.5 Å². The second-order valence-corrected chi connectivity index (χ2v) is 9.67. The minimum atomic E-state index is -0.650. The molecule has 0 radical (unpaired) electrons. The summed E-state index contributed by atoms with van der Waals surface area (Å²) in [7, 11) is 0. The maximum Gasteiger partial charge on any atom is 0.291 e. The Bertz CT molecular complexity index is 1540. The Morgan fingerprint density at radius 3 is 2.61 bits per heavy atom. The molecule has 2 aromatic heterocycles. The summed E-state index contributed by atoms with van der Waals surface area (Å²) in [4.78, 5) is 33.7. The van der Waals surface area contributed by atoms with Gasteiger partial charge in [0.25, 0.3) is 5.91 Å². The third kappa shape index (κ3) is 4.64. The van der Waals surface area contributed by atoms with E-state index in [0.29, 0.717) is 41.2 Å². The third-order valence-corrected chi connectivity index (χ3v) is 6.83. The number of hydrogen-bond donors (Lipinski definition) is 0. The summed E-state index contributed by atoms with van der Waals surface area (Å²) in [6, 6.07) is 12.5. The molecule has 1 atom stereocenters. The molecule has 0 fully saturated rings. The normalized spacial score (nSPS) is 14.7. The summed E-state index contributed by atoms with van der Waals surface area (Å²) < 4.78 is 18.1. The van der Waals surface area contributed by atoms with E-state index in [0.717, 1.165) is 35.1 Å². The van der Waals surface area contributed by atoms with Gasteiger partial charge in [-0.05, 0) is 73.7 Å². The lowest BCUT2D eigenvalue weighted by Crippen LogP contribution is -2.29. The van der Waals surface area contributed by atoms with E-state index in [-0.39, 0.29) is 23.6 Å². The number of fused-ring (bicyclic) bond motifs is 2. The van der Waals surface area contributed by atoms with Crippen LogP contribution in [0.15, 0.2) is 64.1 Å². The number of amides is 1. The van der Waals surface area contributed by atoms with E-state index in [9.17, 15) is 9.59 Å². The molecule has 1 aliphatic rings. The first-order valence-electron chi connectivity index (χ1n) is 13.1. The van der Waals surface area contributed by atoms with Crippen molar-refractivity contribution in [1.82, 2.24) is 9.88 Å². The number of pyridine rings is 1. The van der Waals surface area contributed by atoms with E-state index in [2.05, 4.69) is 11.9 Å². The van der Waals surface area contributed by atoms with Gasteiger partial charge in [0.2, 0.25) is 5.76 Å². The first-order chi connectivity index (χ1) is 18.4. The van der Waals surface area contributed by atoms with Gasteiger partial charge in [-0.3, -0.25) is 14.6 Å². The fourth-order valence-corrected chi connectivity index (χ4v) is 5.12. The van der Waals surface area contributed by atoms with Crippen LogP contribution in [-0.2, 0) is 6.54 Å². The molecule has 0 saturated carbocycles. The maximum absolute atomic E-state index is 14.0. The van der Waals surface area contributed by atoms with Gasteiger partial charge in [-0.25, -0.2) is 0 Å². The molecule has 0 aliphatic carbocycles. The van der Waals surface area contributed by atoms with Gasteiger partial charge in [-0.15, -0.1) is 0 Å². The number of aryl methyl sites for hydroxylation is 2. The van der Waals surface area contributed by atoms with Crippen LogP contribution in [0.1, 0.15) is 71.1 Å². The standard InChI is InChI=1S/C31H32N2O5/c1-5-7-13-37-23-11-10-22(16-24(23)36-6-2)28-27-29(34)26-20(4)14-19(3)15-25(26)38-30(27)31(35)33(28)18-21-9-8-12-32-17-21/h8-12,14-17,28H,5-7,13,18H2,1-4H3. The zero-order valence-corrected chi connectivity index (χ0v) is 22.2. The molecular weight excluding hydrogens is 480 g/mol. The van der Waals surface area contributed by atoms with Crippen LogP contribution >= 0.6 is 0 Å². The Morgan fingerprint density at radius 1 is 1.03 bits per heavy atom. The quantitative estimate of drug-likeness (QED) is 0.251. The third-order valence-electron chi connectivity index (χ3n) is 6.83. The molecule has 3 heterocycles. The van der Waals surface area contributed by atoms with Crippen molar-refractivity contribution in [2.75, 3.05) is 13.2 Å². The predicted octanol–water partition coefficient (Wildman–Crippen LogP) is 6.13. The Balaban J connectivity index is 1.69. The van der Waals surface area contributed by atoms with Crippen LogP contribution in [-0.4, -0.2) is 29.0 Å². The molecule has 0 spiro atoms. The molecule has 38 heavy (non-hydrogen) atoms. The highest BCUT2D eigenvalue weighted by atomic mass is 16.5. The monoisotopic (exact) mass is 512 g/mol. The number of carbonyl (C=O) groups is 1. The van der Waals surface area contributed by atoms with Crippen LogP contribution in [0, 0.1) is 13.8 Å². The summed E-state index contributed by atoms with van der Waals surface area (Å²) in [5.74, 6) is 0.987. The van der Waals surface area contributed by atoms with E-state index in [1.54, 1.807) is 17.3 Å². The highest BCUT2D eigenvalue weighted by Gasteiger charge is 2.43. The Hall–Kier alpha value is -4.13. The molecule has 7 heteroatoms. The SMILES string of the molecule is CCCCOc1ccc(C2c3c(oc4cc(C)cc(C)c4c3=O)C(=O)N2Cc2cccnc2)cc1OCC. The largest absolute Gasteiger partial charge is 0.490 e. The van der Waals surface area contributed by atoms with Crippen molar-refractivity contribution < 1.29 is 18.7 Å². The zero-order valence-electron chi connectivity index (χ0n) is 22.2. The highest BCUT2D eigenvalue weighted by Crippen LogP contribution is 2.42. The van der Waals surface area contributed by atoms with E-state index in [1.165, 1.54) is 0 Å². The van der Waals surface area contributed by atoms with Crippen LogP contribution in [0.25, 0.3) is 11.0 Å². The number of aromatic nitrogens is 1. The summed E-state index contributed by atoms with van der Waals surface area (Å²) in [6.07, 6.45) is 5.37. The molecule has 1 amide bonds. The van der Waals surface area contributed by atoms with Gasteiger partial charge in [0.1, 0.15) is 5.58 Å². The Morgan fingerprint density at radius 2 is 1.87 bits per heavy atom. The first kappa shape index (κ1) is 25.5. The molecule has 4 aromatic rings. The van der Waals surface area contributed by atoms with E-state index >= 15 is 0 Å². The fraction of sp³-hybridized carbons (Fsp3) is 0.323. The molecule has 0 bridgehead atoms. The number of nitrogens with zero attached hydrogens (tertiary/aromatic N) is 2. The average Bonchev–Trinajstić information content (AvgIpc) is 3.17. The van der Waals surface area contributed by atoms with Gasteiger partial charge in [-0.1, -0.05) is 31.5 Å². The highest BCUT2D eigenvalue weighted by molar-refractivity contribution is 5.99. The van der Waals surface area contributed by atoms with Crippen LogP contribution < -0.4 is 14.9 Å². The summed E-state index contributed by atoms with van der Waals surface area (Å²) in [5, 5.41) is 0.500.